The van der Waals surface area contributed by atoms with Crippen LogP contribution in [0.15, 0.2) is 34.7 Å². The molecule has 0 unspecified atom stereocenters. The predicted octanol–water partition coefficient (Wildman–Crippen LogP) is 3.14. The van der Waals surface area contributed by atoms with Crippen molar-refractivity contribution in [1.82, 2.24) is 0 Å². The van der Waals surface area contributed by atoms with Gasteiger partial charge in [-0.25, -0.2) is 4.79 Å². The number of carbonyl (C=O) groups is 2. The predicted molar refractivity (Wildman–Crippen MR) is 77.5 cm³/mol. The molecule has 6 heteroatoms. The summed E-state index contributed by atoms with van der Waals surface area (Å²) in [6, 6.07) is 8.24. The minimum atomic E-state index is -1.20. The van der Waals surface area contributed by atoms with Crippen LogP contribution in [0.2, 0.25) is 0 Å². The Bertz CT molecular complexity index is 648. The Balaban J connectivity index is 2.20. The first-order valence-corrected chi connectivity index (χ1v) is 6.46. The van der Waals surface area contributed by atoms with Crippen LogP contribution in [0.1, 0.15) is 26.7 Å². The lowest BCUT2D eigenvalue weighted by Crippen LogP contribution is -2.12. The normalized spacial score (nSPS) is 10.2. The number of carboxylic acids is 1. The average Bonchev–Trinajstić information content (AvgIpc) is 2.83. The summed E-state index contributed by atoms with van der Waals surface area (Å²) in [7, 11) is 0. The van der Waals surface area contributed by atoms with E-state index in [2.05, 4.69) is 27.9 Å². The van der Waals surface area contributed by atoms with Gasteiger partial charge in [0.15, 0.2) is 5.76 Å². The smallest absolute Gasteiger partial charge is 0.371 e. The maximum Gasteiger partial charge on any atom is 0.371 e. The van der Waals surface area contributed by atoms with Gasteiger partial charge < -0.3 is 14.8 Å². The van der Waals surface area contributed by atoms with Crippen molar-refractivity contribution in [3.63, 3.8) is 0 Å². The van der Waals surface area contributed by atoms with Gasteiger partial charge in [-0.2, -0.15) is 0 Å². The minimum Gasteiger partial charge on any atom is -0.475 e. The maximum absolute atomic E-state index is 11.9. The zero-order chi connectivity index (χ0) is 14.0. The van der Waals surface area contributed by atoms with E-state index >= 15 is 0 Å². The monoisotopic (exact) mass is 371 g/mol. The minimum absolute atomic E-state index is 0.0318. The highest BCUT2D eigenvalue weighted by atomic mass is 127. The summed E-state index contributed by atoms with van der Waals surface area (Å²) >= 11 is 2.14. The van der Waals surface area contributed by atoms with E-state index in [1.165, 1.54) is 12.1 Å². The Kier molecular flexibility index (Phi) is 3.89. The second kappa shape index (κ2) is 5.43. The molecule has 2 N–H and O–H groups in total. The first kappa shape index (κ1) is 13.6. The zero-order valence-corrected chi connectivity index (χ0v) is 12.1. The summed E-state index contributed by atoms with van der Waals surface area (Å²) in [5, 5.41) is 11.4. The fourth-order valence-electron chi connectivity index (χ4n) is 1.49. The Labute approximate surface area is 122 Å². The van der Waals surface area contributed by atoms with Gasteiger partial charge in [-0.3, -0.25) is 4.79 Å². The van der Waals surface area contributed by atoms with Gasteiger partial charge in [0.2, 0.25) is 5.76 Å². The van der Waals surface area contributed by atoms with Crippen molar-refractivity contribution in [2.24, 2.45) is 0 Å². The molecule has 0 saturated heterocycles. The molecule has 0 atom stereocenters. The molecule has 98 valence electrons. The Morgan fingerprint density at radius 3 is 2.53 bits per heavy atom. The lowest BCUT2D eigenvalue weighted by molar-refractivity contribution is 0.0660. The fourth-order valence-corrected chi connectivity index (χ4v) is 1.98. The van der Waals surface area contributed by atoms with Crippen molar-refractivity contribution in [1.29, 1.82) is 0 Å². The van der Waals surface area contributed by atoms with Crippen LogP contribution in [0.25, 0.3) is 0 Å². The molecule has 19 heavy (non-hydrogen) atoms. The number of benzene rings is 1. The second-order valence-corrected chi connectivity index (χ2v) is 5.13. The number of furan rings is 1. The number of anilines is 1. The molecular formula is C13H10INO4. The van der Waals surface area contributed by atoms with Crippen molar-refractivity contribution < 1.29 is 19.1 Å². The van der Waals surface area contributed by atoms with Crippen molar-refractivity contribution in [2.75, 3.05) is 5.32 Å². The van der Waals surface area contributed by atoms with Crippen molar-refractivity contribution in [3.8, 4) is 0 Å². The number of amides is 1. The number of hydrogen-bond acceptors (Lipinski definition) is 3. The number of aryl methyl sites for hydroxylation is 1. The molecule has 0 fully saturated rings. The molecule has 0 radical (unpaired) electrons. The first-order chi connectivity index (χ1) is 8.97. The van der Waals surface area contributed by atoms with E-state index < -0.39 is 11.9 Å². The van der Waals surface area contributed by atoms with Gasteiger partial charge in [-0.1, -0.05) is 6.07 Å². The average molecular weight is 371 g/mol. The summed E-state index contributed by atoms with van der Waals surface area (Å²) in [4.78, 5) is 22.6. The van der Waals surface area contributed by atoms with E-state index in [0.717, 1.165) is 9.13 Å². The van der Waals surface area contributed by atoms with Gasteiger partial charge in [0, 0.05) is 9.26 Å². The molecule has 5 nitrogen and oxygen atoms in total. The Morgan fingerprint density at radius 2 is 1.89 bits per heavy atom. The van der Waals surface area contributed by atoms with Gasteiger partial charge in [-0.15, -0.1) is 0 Å². The van der Waals surface area contributed by atoms with Gasteiger partial charge in [0.25, 0.3) is 5.91 Å². The molecule has 1 amide bonds. The summed E-state index contributed by atoms with van der Waals surface area (Å²) < 4.78 is 5.93. The Morgan fingerprint density at radius 1 is 1.21 bits per heavy atom. The Hall–Kier alpha value is -1.83. The molecular weight excluding hydrogens is 361 g/mol. The fraction of sp³-hybridized carbons (Fsp3) is 0.0769. The molecule has 2 aromatic rings. The van der Waals surface area contributed by atoms with E-state index in [-0.39, 0.29) is 11.5 Å². The van der Waals surface area contributed by atoms with Gasteiger partial charge in [0.05, 0.1) is 0 Å². The van der Waals surface area contributed by atoms with Crippen LogP contribution < -0.4 is 5.32 Å². The van der Waals surface area contributed by atoms with Crippen LogP contribution >= 0.6 is 22.6 Å². The quantitative estimate of drug-likeness (QED) is 0.813. The van der Waals surface area contributed by atoms with E-state index in [0.29, 0.717) is 5.69 Å². The topological polar surface area (TPSA) is 79.5 Å². The lowest BCUT2D eigenvalue weighted by atomic mass is 10.2. The van der Waals surface area contributed by atoms with Crippen LogP contribution in [-0.4, -0.2) is 17.0 Å². The van der Waals surface area contributed by atoms with Crippen LogP contribution in [0, 0.1) is 10.5 Å². The van der Waals surface area contributed by atoms with Crippen LogP contribution in [-0.2, 0) is 0 Å². The number of carbonyl (C=O) groups excluding carboxylic acids is 1. The highest BCUT2D eigenvalue weighted by molar-refractivity contribution is 14.1. The molecule has 0 aliphatic heterocycles. The van der Waals surface area contributed by atoms with Gasteiger partial charge >= 0.3 is 5.97 Å². The van der Waals surface area contributed by atoms with Crippen LogP contribution in [0.3, 0.4) is 0 Å². The second-order valence-electron chi connectivity index (χ2n) is 3.88. The molecule has 1 aromatic heterocycles. The molecule has 0 spiro atoms. The highest BCUT2D eigenvalue weighted by Crippen LogP contribution is 2.19. The SMILES string of the molecule is Cc1ccc(I)cc1NC(=O)c1ccc(C(=O)O)o1. The summed E-state index contributed by atoms with van der Waals surface area (Å²) in [6.45, 7) is 1.87. The van der Waals surface area contributed by atoms with Crippen molar-refractivity contribution in [2.45, 2.75) is 6.92 Å². The molecule has 2 rings (SSSR count). The van der Waals surface area contributed by atoms with E-state index in [1.54, 1.807) is 0 Å². The number of hydrogen-bond donors (Lipinski definition) is 2. The number of rotatable bonds is 3. The third-order valence-electron chi connectivity index (χ3n) is 2.49. The van der Waals surface area contributed by atoms with E-state index in [4.69, 9.17) is 9.52 Å². The summed E-state index contributed by atoms with van der Waals surface area (Å²) in [5.74, 6) is -1.97. The van der Waals surface area contributed by atoms with Gasteiger partial charge in [0.1, 0.15) is 0 Å². The standard InChI is InChI=1S/C13H10INO4/c1-7-2-3-8(14)6-9(7)15-12(16)10-4-5-11(19-10)13(17)18/h2-6H,1H3,(H,15,16)(H,17,18). The summed E-state index contributed by atoms with van der Waals surface area (Å²) in [6.07, 6.45) is 0. The number of aromatic carboxylic acids is 1. The zero-order valence-electron chi connectivity index (χ0n) is 9.94. The molecule has 1 aromatic carbocycles. The number of carboxylic acid groups (broad SMARTS) is 1. The lowest BCUT2D eigenvalue weighted by Gasteiger charge is -2.07. The number of halogens is 1. The largest absolute Gasteiger partial charge is 0.475 e. The third-order valence-corrected chi connectivity index (χ3v) is 3.16. The van der Waals surface area contributed by atoms with Crippen LogP contribution in [0.4, 0.5) is 5.69 Å². The van der Waals surface area contributed by atoms with Crippen molar-refractivity contribution >= 4 is 40.2 Å². The third kappa shape index (κ3) is 3.14. The maximum atomic E-state index is 11.9. The molecule has 0 aliphatic rings. The van der Waals surface area contributed by atoms with E-state index in [1.807, 2.05) is 25.1 Å². The van der Waals surface area contributed by atoms with Crippen molar-refractivity contribution in [3.05, 3.63) is 51.0 Å². The molecule has 0 bridgehead atoms. The van der Waals surface area contributed by atoms with Crippen LogP contribution in [0.5, 0.6) is 0 Å². The summed E-state index contributed by atoms with van der Waals surface area (Å²) in [5.41, 5.74) is 1.59. The molecule has 0 saturated carbocycles. The van der Waals surface area contributed by atoms with E-state index in [9.17, 15) is 9.59 Å². The van der Waals surface area contributed by atoms with Gasteiger partial charge in [-0.05, 0) is 59.3 Å². The number of nitrogens with one attached hydrogen (secondary N) is 1. The molecule has 1 heterocycles. The first-order valence-electron chi connectivity index (χ1n) is 5.38. The molecule has 0 aliphatic carbocycles. The highest BCUT2D eigenvalue weighted by Gasteiger charge is 2.15.